The second-order valence-electron chi connectivity index (χ2n) is 7.92. The Morgan fingerprint density at radius 1 is 1.20 bits per heavy atom. The van der Waals surface area contributed by atoms with Crippen LogP contribution >= 0.6 is 0 Å². The molecule has 1 aliphatic carbocycles. The average molecular weight is 412 g/mol. The summed E-state index contributed by atoms with van der Waals surface area (Å²) < 4.78 is 19.1. The number of aliphatic imine (C=N–C) groups is 1. The Bertz CT molecular complexity index is 877. The summed E-state index contributed by atoms with van der Waals surface area (Å²) in [5.74, 6) is 1.59. The van der Waals surface area contributed by atoms with E-state index in [1.807, 2.05) is 18.3 Å². The fraction of sp³-hybridized carbons (Fsp3) is 0.478. The number of hydrogen-bond donors (Lipinski definition) is 2. The smallest absolute Gasteiger partial charge is 0.191 e. The van der Waals surface area contributed by atoms with Crippen molar-refractivity contribution in [3.8, 4) is 0 Å². The summed E-state index contributed by atoms with van der Waals surface area (Å²) in [5, 5.41) is 6.80. The predicted octanol–water partition coefficient (Wildman–Crippen LogP) is 2.84. The molecule has 1 aromatic heterocycles. The lowest BCUT2D eigenvalue weighted by molar-refractivity contribution is 0.122. The number of nitrogens with zero attached hydrogens (tertiary/aromatic N) is 3. The zero-order valence-electron chi connectivity index (χ0n) is 17.5. The summed E-state index contributed by atoms with van der Waals surface area (Å²) in [6.45, 7) is 7.28. The highest BCUT2D eigenvalue weighted by Crippen LogP contribution is 2.47. The van der Waals surface area contributed by atoms with Crippen molar-refractivity contribution in [3.63, 3.8) is 0 Å². The molecule has 2 fully saturated rings. The van der Waals surface area contributed by atoms with Crippen LogP contribution < -0.4 is 15.5 Å². The van der Waals surface area contributed by atoms with Crippen LogP contribution in [0.15, 0.2) is 47.6 Å². The minimum absolute atomic E-state index is 0.00551. The van der Waals surface area contributed by atoms with E-state index in [2.05, 4.69) is 33.5 Å². The molecule has 160 valence electrons. The molecule has 7 heteroatoms. The van der Waals surface area contributed by atoms with E-state index >= 15 is 0 Å². The third-order valence-electron chi connectivity index (χ3n) is 5.81. The number of rotatable bonds is 7. The van der Waals surface area contributed by atoms with E-state index in [1.165, 1.54) is 6.07 Å². The molecule has 0 amide bonds. The Morgan fingerprint density at radius 2 is 2.03 bits per heavy atom. The summed E-state index contributed by atoms with van der Waals surface area (Å²) in [5.41, 5.74) is 2.17. The van der Waals surface area contributed by atoms with Crippen molar-refractivity contribution in [2.75, 3.05) is 44.3 Å². The van der Waals surface area contributed by atoms with Gasteiger partial charge >= 0.3 is 0 Å². The summed E-state index contributed by atoms with van der Waals surface area (Å²) in [6, 6.07) is 11.0. The number of aromatic nitrogens is 1. The summed E-state index contributed by atoms with van der Waals surface area (Å²) in [6.07, 6.45) is 3.95. The van der Waals surface area contributed by atoms with Crippen molar-refractivity contribution >= 4 is 11.8 Å². The molecule has 0 bridgehead atoms. The van der Waals surface area contributed by atoms with Crippen LogP contribution in [0, 0.1) is 5.82 Å². The van der Waals surface area contributed by atoms with Gasteiger partial charge in [0.05, 0.1) is 19.8 Å². The Morgan fingerprint density at radius 3 is 2.77 bits per heavy atom. The van der Waals surface area contributed by atoms with Crippen LogP contribution in [0.1, 0.15) is 30.9 Å². The first-order valence-corrected chi connectivity index (χ1v) is 10.7. The zero-order valence-corrected chi connectivity index (χ0v) is 17.5. The van der Waals surface area contributed by atoms with Crippen molar-refractivity contribution in [3.05, 3.63) is 59.5 Å². The van der Waals surface area contributed by atoms with Gasteiger partial charge in [-0.3, -0.25) is 0 Å². The lowest BCUT2D eigenvalue weighted by Crippen LogP contribution is -2.41. The lowest BCUT2D eigenvalue weighted by Gasteiger charge is -2.29. The normalized spacial score (nSPS) is 18.2. The van der Waals surface area contributed by atoms with Crippen LogP contribution in [-0.2, 0) is 16.7 Å². The Kier molecular flexibility index (Phi) is 6.47. The summed E-state index contributed by atoms with van der Waals surface area (Å²) >= 11 is 0. The number of morpholine rings is 1. The molecule has 2 aromatic rings. The third kappa shape index (κ3) is 4.90. The maximum absolute atomic E-state index is 13.7. The van der Waals surface area contributed by atoms with E-state index in [0.717, 1.165) is 75.1 Å². The van der Waals surface area contributed by atoms with Crippen molar-refractivity contribution in [2.45, 2.75) is 31.7 Å². The number of benzene rings is 1. The monoisotopic (exact) mass is 411 g/mol. The minimum Gasteiger partial charge on any atom is -0.378 e. The van der Waals surface area contributed by atoms with E-state index in [0.29, 0.717) is 6.54 Å². The standard InChI is InChI=1S/C23H30FN5O/c1-2-25-22(28-17-23(8-9-23)19-6-3-7-20(24)15-19)27-16-18-5-4-10-26-21(18)29-11-13-30-14-12-29/h3-7,10,15H,2,8-9,11-14,16-17H2,1H3,(H2,25,27,28). The number of pyridine rings is 1. The first kappa shape index (κ1) is 20.6. The third-order valence-corrected chi connectivity index (χ3v) is 5.81. The van der Waals surface area contributed by atoms with Crippen molar-refractivity contribution < 1.29 is 9.13 Å². The number of hydrogen-bond acceptors (Lipinski definition) is 4. The molecule has 2 heterocycles. The van der Waals surface area contributed by atoms with Gasteiger partial charge in [0.2, 0.25) is 0 Å². The number of nitrogens with one attached hydrogen (secondary N) is 2. The van der Waals surface area contributed by atoms with Gasteiger partial charge in [-0.15, -0.1) is 0 Å². The molecular weight excluding hydrogens is 381 g/mol. The predicted molar refractivity (Wildman–Crippen MR) is 117 cm³/mol. The number of ether oxygens (including phenoxy) is 1. The van der Waals surface area contributed by atoms with Crippen LogP contribution in [0.2, 0.25) is 0 Å². The Hall–Kier alpha value is -2.67. The molecular formula is C23H30FN5O. The topological polar surface area (TPSA) is 61.8 Å². The van der Waals surface area contributed by atoms with E-state index in [9.17, 15) is 4.39 Å². The molecule has 1 aromatic carbocycles. The van der Waals surface area contributed by atoms with Crippen molar-refractivity contribution in [2.24, 2.45) is 4.99 Å². The number of halogens is 1. The summed E-state index contributed by atoms with van der Waals surface area (Å²) in [4.78, 5) is 11.7. The fourth-order valence-corrected chi connectivity index (χ4v) is 3.91. The lowest BCUT2D eigenvalue weighted by atomic mass is 9.96. The molecule has 0 atom stereocenters. The van der Waals surface area contributed by atoms with Gasteiger partial charge < -0.3 is 20.3 Å². The van der Waals surface area contributed by atoms with Gasteiger partial charge in [0.15, 0.2) is 5.96 Å². The first-order chi connectivity index (χ1) is 14.7. The molecule has 0 unspecified atom stereocenters. The highest BCUT2D eigenvalue weighted by Gasteiger charge is 2.44. The van der Waals surface area contributed by atoms with E-state index in [-0.39, 0.29) is 11.2 Å². The van der Waals surface area contributed by atoms with Gasteiger partial charge in [0.25, 0.3) is 0 Å². The molecule has 4 rings (SSSR count). The van der Waals surface area contributed by atoms with E-state index < -0.39 is 0 Å². The van der Waals surface area contributed by atoms with E-state index in [4.69, 9.17) is 9.73 Å². The van der Waals surface area contributed by atoms with Gasteiger partial charge in [-0.25, -0.2) is 14.4 Å². The molecule has 1 aliphatic heterocycles. The highest BCUT2D eigenvalue weighted by atomic mass is 19.1. The van der Waals surface area contributed by atoms with Gasteiger partial charge in [0, 0.05) is 43.4 Å². The zero-order chi connectivity index (χ0) is 20.8. The molecule has 2 aliphatic rings. The summed E-state index contributed by atoms with van der Waals surface area (Å²) in [7, 11) is 0. The molecule has 1 saturated heterocycles. The molecule has 1 saturated carbocycles. The maximum Gasteiger partial charge on any atom is 0.191 e. The van der Waals surface area contributed by atoms with Gasteiger partial charge in [-0.05, 0) is 43.5 Å². The van der Waals surface area contributed by atoms with Crippen LogP contribution in [0.25, 0.3) is 0 Å². The molecule has 0 spiro atoms. The van der Waals surface area contributed by atoms with Gasteiger partial charge in [-0.2, -0.15) is 0 Å². The SMILES string of the molecule is CCNC(=NCc1cccnc1N1CCOCC1)NCC1(c2cccc(F)c2)CC1. The van der Waals surface area contributed by atoms with Crippen LogP contribution in [0.4, 0.5) is 10.2 Å². The molecule has 2 N–H and O–H groups in total. The quantitative estimate of drug-likeness (QED) is 0.542. The van der Waals surface area contributed by atoms with E-state index in [1.54, 1.807) is 12.1 Å². The van der Waals surface area contributed by atoms with Crippen molar-refractivity contribution in [1.82, 2.24) is 15.6 Å². The molecule has 30 heavy (non-hydrogen) atoms. The number of guanidine groups is 1. The first-order valence-electron chi connectivity index (χ1n) is 10.7. The second-order valence-corrected chi connectivity index (χ2v) is 7.92. The van der Waals surface area contributed by atoms with Crippen molar-refractivity contribution in [1.29, 1.82) is 0 Å². The number of anilines is 1. The Balaban J connectivity index is 1.44. The van der Waals surface area contributed by atoms with Gasteiger partial charge in [0.1, 0.15) is 11.6 Å². The largest absolute Gasteiger partial charge is 0.378 e. The molecule has 0 radical (unpaired) electrons. The van der Waals surface area contributed by atoms with Crippen LogP contribution in [0.3, 0.4) is 0 Å². The fourth-order valence-electron chi connectivity index (χ4n) is 3.91. The average Bonchev–Trinajstić information content (AvgIpc) is 3.58. The van der Waals surface area contributed by atoms with Gasteiger partial charge in [-0.1, -0.05) is 18.2 Å². The molecule has 6 nitrogen and oxygen atoms in total. The van der Waals surface area contributed by atoms with Crippen LogP contribution in [0.5, 0.6) is 0 Å². The second kappa shape index (κ2) is 9.43. The Labute approximate surface area is 177 Å². The maximum atomic E-state index is 13.7. The van der Waals surface area contributed by atoms with Crippen LogP contribution in [-0.4, -0.2) is 50.3 Å². The highest BCUT2D eigenvalue weighted by molar-refractivity contribution is 5.80. The minimum atomic E-state index is -0.174.